The van der Waals surface area contributed by atoms with Crippen LogP contribution in [0.4, 0.5) is 0 Å². The summed E-state index contributed by atoms with van der Waals surface area (Å²) in [5.74, 6) is 0.223. The predicted octanol–water partition coefficient (Wildman–Crippen LogP) is 2.79. The second-order valence-corrected chi connectivity index (χ2v) is 4.81. The van der Waals surface area contributed by atoms with Crippen LogP contribution in [-0.2, 0) is 17.6 Å². The summed E-state index contributed by atoms with van der Waals surface area (Å²) >= 11 is 3.46. The third-order valence-corrected chi connectivity index (χ3v) is 3.12. The fraction of sp³-hybridized carbons (Fsp3) is 0.417. The van der Waals surface area contributed by atoms with Gasteiger partial charge in [-0.05, 0) is 36.1 Å². The van der Waals surface area contributed by atoms with Gasteiger partial charge in [0.15, 0.2) is 0 Å². The van der Waals surface area contributed by atoms with Crippen molar-refractivity contribution in [3.8, 4) is 5.75 Å². The summed E-state index contributed by atoms with van der Waals surface area (Å²) in [5, 5.41) is 8.60. The number of ether oxygens (including phenoxy) is 1. The second kappa shape index (κ2) is 4.87. The van der Waals surface area contributed by atoms with E-state index in [9.17, 15) is 4.79 Å². The monoisotopic (exact) mass is 284 g/mol. The van der Waals surface area contributed by atoms with Gasteiger partial charge in [0.1, 0.15) is 5.75 Å². The zero-order valence-corrected chi connectivity index (χ0v) is 10.4. The molecule has 1 N–H and O–H groups in total. The van der Waals surface area contributed by atoms with Crippen molar-refractivity contribution in [2.75, 3.05) is 6.61 Å². The molecule has 0 aromatic heterocycles. The number of aryl methyl sites for hydroxylation is 1. The van der Waals surface area contributed by atoms with Gasteiger partial charge in [-0.15, -0.1) is 0 Å². The smallest absolute Gasteiger partial charge is 0.303 e. The van der Waals surface area contributed by atoms with Crippen molar-refractivity contribution in [3.63, 3.8) is 0 Å². The van der Waals surface area contributed by atoms with Crippen molar-refractivity contribution in [1.29, 1.82) is 0 Å². The van der Waals surface area contributed by atoms with Crippen LogP contribution in [0.2, 0.25) is 0 Å². The summed E-state index contributed by atoms with van der Waals surface area (Å²) in [6.07, 6.45) is 2.57. The van der Waals surface area contributed by atoms with Gasteiger partial charge in [-0.3, -0.25) is 4.79 Å². The molecule has 3 nitrogen and oxygen atoms in total. The number of carboxylic acid groups (broad SMARTS) is 1. The number of hydrogen-bond acceptors (Lipinski definition) is 2. The van der Waals surface area contributed by atoms with E-state index in [0.29, 0.717) is 6.42 Å². The van der Waals surface area contributed by atoms with E-state index in [4.69, 9.17) is 9.84 Å². The van der Waals surface area contributed by atoms with Crippen LogP contribution in [-0.4, -0.2) is 17.7 Å². The molecular weight excluding hydrogens is 272 g/mol. The highest BCUT2D eigenvalue weighted by molar-refractivity contribution is 9.10. The van der Waals surface area contributed by atoms with Crippen LogP contribution in [0, 0.1) is 0 Å². The van der Waals surface area contributed by atoms with Gasteiger partial charge in [0.05, 0.1) is 6.61 Å². The maximum Gasteiger partial charge on any atom is 0.303 e. The van der Waals surface area contributed by atoms with E-state index in [1.165, 1.54) is 5.56 Å². The van der Waals surface area contributed by atoms with Crippen LogP contribution < -0.4 is 4.74 Å². The van der Waals surface area contributed by atoms with Crippen LogP contribution >= 0.6 is 15.9 Å². The summed E-state index contributed by atoms with van der Waals surface area (Å²) in [6.45, 7) is 0.734. The molecule has 1 aromatic carbocycles. The lowest BCUT2D eigenvalue weighted by Gasteiger charge is -2.08. The normalized spacial score (nSPS) is 13.3. The molecule has 16 heavy (non-hydrogen) atoms. The maximum absolute atomic E-state index is 10.4. The van der Waals surface area contributed by atoms with Crippen LogP contribution in [0.5, 0.6) is 5.75 Å². The number of carbonyl (C=O) groups is 1. The van der Waals surface area contributed by atoms with Gasteiger partial charge < -0.3 is 9.84 Å². The molecule has 86 valence electrons. The molecule has 0 bridgehead atoms. The zero-order valence-electron chi connectivity index (χ0n) is 8.83. The zero-order chi connectivity index (χ0) is 11.5. The Kier molecular flexibility index (Phi) is 3.49. The van der Waals surface area contributed by atoms with E-state index in [-0.39, 0.29) is 6.42 Å². The first kappa shape index (κ1) is 11.5. The van der Waals surface area contributed by atoms with E-state index < -0.39 is 5.97 Å². The average Bonchev–Trinajstić information content (AvgIpc) is 2.64. The van der Waals surface area contributed by atoms with E-state index in [0.717, 1.165) is 35.2 Å². The molecule has 1 aliphatic rings. The van der Waals surface area contributed by atoms with Gasteiger partial charge >= 0.3 is 5.97 Å². The molecule has 0 aliphatic carbocycles. The first-order chi connectivity index (χ1) is 7.66. The summed E-state index contributed by atoms with van der Waals surface area (Å²) in [4.78, 5) is 10.4. The number of fused-ring (bicyclic) bond motifs is 1. The lowest BCUT2D eigenvalue weighted by Crippen LogP contribution is -1.97. The summed E-state index contributed by atoms with van der Waals surface area (Å²) in [7, 11) is 0. The van der Waals surface area contributed by atoms with E-state index in [1.54, 1.807) is 0 Å². The van der Waals surface area contributed by atoms with Crippen molar-refractivity contribution in [2.45, 2.75) is 25.7 Å². The molecule has 0 saturated heterocycles. The number of halogens is 1. The van der Waals surface area contributed by atoms with E-state index in [2.05, 4.69) is 22.0 Å². The Labute approximate surface area is 103 Å². The molecule has 2 rings (SSSR count). The molecule has 0 unspecified atom stereocenters. The number of rotatable bonds is 4. The molecule has 4 heteroatoms. The van der Waals surface area contributed by atoms with Crippen LogP contribution in [0.1, 0.15) is 24.0 Å². The largest absolute Gasteiger partial charge is 0.493 e. The molecule has 0 saturated carbocycles. The lowest BCUT2D eigenvalue weighted by molar-refractivity contribution is -0.137. The Morgan fingerprint density at radius 1 is 1.50 bits per heavy atom. The van der Waals surface area contributed by atoms with Crippen LogP contribution in [0.15, 0.2) is 16.6 Å². The topological polar surface area (TPSA) is 46.5 Å². The van der Waals surface area contributed by atoms with Crippen molar-refractivity contribution < 1.29 is 14.6 Å². The van der Waals surface area contributed by atoms with Crippen molar-refractivity contribution in [2.24, 2.45) is 0 Å². The highest BCUT2D eigenvalue weighted by Gasteiger charge is 2.17. The Morgan fingerprint density at radius 3 is 3.06 bits per heavy atom. The SMILES string of the molecule is O=C(O)CCCc1cc(Br)cc2c1OCC2. The highest BCUT2D eigenvalue weighted by atomic mass is 79.9. The Balaban J connectivity index is 2.11. The molecule has 0 radical (unpaired) electrons. The van der Waals surface area contributed by atoms with Crippen LogP contribution in [0.25, 0.3) is 0 Å². The number of aliphatic carboxylic acids is 1. The highest BCUT2D eigenvalue weighted by Crippen LogP contribution is 2.33. The van der Waals surface area contributed by atoms with Crippen molar-refractivity contribution in [3.05, 3.63) is 27.7 Å². The number of hydrogen-bond donors (Lipinski definition) is 1. The van der Waals surface area contributed by atoms with E-state index in [1.807, 2.05) is 6.07 Å². The predicted molar refractivity (Wildman–Crippen MR) is 63.9 cm³/mol. The fourth-order valence-corrected chi connectivity index (χ4v) is 2.51. The van der Waals surface area contributed by atoms with Crippen molar-refractivity contribution >= 4 is 21.9 Å². The van der Waals surface area contributed by atoms with Crippen LogP contribution in [0.3, 0.4) is 0 Å². The lowest BCUT2D eigenvalue weighted by atomic mass is 10.0. The number of carboxylic acids is 1. The first-order valence-corrected chi connectivity index (χ1v) is 6.12. The van der Waals surface area contributed by atoms with Gasteiger partial charge in [0.25, 0.3) is 0 Å². The van der Waals surface area contributed by atoms with Gasteiger partial charge in [-0.2, -0.15) is 0 Å². The molecular formula is C12H13BrO3. The minimum absolute atomic E-state index is 0.210. The molecule has 1 aliphatic heterocycles. The Morgan fingerprint density at radius 2 is 2.31 bits per heavy atom. The minimum Gasteiger partial charge on any atom is -0.493 e. The average molecular weight is 285 g/mol. The molecule has 1 heterocycles. The molecule has 1 aromatic rings. The Bertz CT molecular complexity index is 415. The summed E-state index contributed by atoms with van der Waals surface area (Å²) in [5.41, 5.74) is 2.34. The minimum atomic E-state index is -0.743. The molecule has 0 fully saturated rings. The van der Waals surface area contributed by atoms with Gasteiger partial charge in [-0.25, -0.2) is 0 Å². The standard InChI is InChI=1S/C12H13BrO3/c13-10-6-8(2-1-3-11(14)15)12-9(7-10)4-5-16-12/h6-7H,1-5H2,(H,14,15). The molecule has 0 atom stereocenters. The second-order valence-electron chi connectivity index (χ2n) is 3.90. The van der Waals surface area contributed by atoms with E-state index >= 15 is 0 Å². The molecule has 0 amide bonds. The Hall–Kier alpha value is -1.03. The fourth-order valence-electron chi connectivity index (χ4n) is 1.96. The third kappa shape index (κ3) is 2.55. The maximum atomic E-state index is 10.4. The summed E-state index contributed by atoms with van der Waals surface area (Å²) in [6, 6.07) is 4.09. The number of benzene rings is 1. The van der Waals surface area contributed by atoms with Crippen molar-refractivity contribution in [1.82, 2.24) is 0 Å². The quantitative estimate of drug-likeness (QED) is 0.925. The third-order valence-electron chi connectivity index (χ3n) is 2.66. The first-order valence-electron chi connectivity index (χ1n) is 5.32. The van der Waals surface area contributed by atoms with Gasteiger partial charge in [0.2, 0.25) is 0 Å². The summed E-state index contributed by atoms with van der Waals surface area (Å²) < 4.78 is 6.62. The van der Waals surface area contributed by atoms with Gasteiger partial charge in [-0.1, -0.05) is 15.9 Å². The molecule has 0 spiro atoms. The van der Waals surface area contributed by atoms with Gasteiger partial charge in [0, 0.05) is 17.3 Å².